The number of aromatic nitrogens is 3. The lowest BCUT2D eigenvalue weighted by molar-refractivity contribution is -0.119. The summed E-state index contributed by atoms with van der Waals surface area (Å²) >= 11 is 0. The van der Waals surface area contributed by atoms with E-state index in [1.165, 1.54) is 0 Å². The molecule has 0 fully saturated rings. The van der Waals surface area contributed by atoms with Crippen LogP contribution in [0.5, 0.6) is 0 Å². The Kier molecular flexibility index (Phi) is 5.24. The van der Waals surface area contributed by atoms with Crippen molar-refractivity contribution in [2.75, 3.05) is 13.1 Å². The van der Waals surface area contributed by atoms with Crippen LogP contribution >= 0.6 is 0 Å². The second-order valence-corrected chi connectivity index (χ2v) is 5.13. The normalized spacial score (nSPS) is 11.6. The predicted molar refractivity (Wildman–Crippen MR) is 68.7 cm³/mol. The van der Waals surface area contributed by atoms with Gasteiger partial charge in [0.15, 0.2) is 0 Å². The van der Waals surface area contributed by atoms with Crippen molar-refractivity contribution >= 4 is 5.91 Å². The zero-order valence-corrected chi connectivity index (χ0v) is 11.2. The molecular formula is C11H22N6O. The highest BCUT2D eigenvalue weighted by atomic mass is 16.1. The first-order chi connectivity index (χ1) is 8.40. The van der Waals surface area contributed by atoms with E-state index in [1.54, 1.807) is 4.68 Å². The van der Waals surface area contributed by atoms with Crippen LogP contribution in [0.3, 0.4) is 0 Å². The zero-order valence-electron chi connectivity index (χ0n) is 11.2. The van der Waals surface area contributed by atoms with Gasteiger partial charge in [-0.15, -0.1) is 5.10 Å². The van der Waals surface area contributed by atoms with Gasteiger partial charge >= 0.3 is 0 Å². The largest absolute Gasteiger partial charge is 0.353 e. The minimum absolute atomic E-state index is 0.0120. The fourth-order valence-electron chi connectivity index (χ4n) is 1.27. The van der Waals surface area contributed by atoms with Crippen LogP contribution in [0, 0.1) is 0 Å². The molecule has 102 valence electrons. The molecule has 4 N–H and O–H groups in total. The Morgan fingerprint density at radius 3 is 2.83 bits per heavy atom. The lowest BCUT2D eigenvalue weighted by Crippen LogP contribution is -2.35. The van der Waals surface area contributed by atoms with Crippen LogP contribution < -0.4 is 16.4 Å². The molecule has 0 spiro atoms. The van der Waals surface area contributed by atoms with E-state index in [0.29, 0.717) is 19.6 Å². The number of nitrogens with two attached hydrogens (primary N) is 1. The van der Waals surface area contributed by atoms with Crippen molar-refractivity contribution in [2.24, 2.45) is 5.73 Å². The van der Waals surface area contributed by atoms with Crippen molar-refractivity contribution in [3.8, 4) is 0 Å². The Morgan fingerprint density at radius 1 is 1.50 bits per heavy atom. The van der Waals surface area contributed by atoms with Crippen LogP contribution in [0.1, 0.15) is 26.5 Å². The van der Waals surface area contributed by atoms with Crippen LogP contribution in [0.25, 0.3) is 0 Å². The van der Waals surface area contributed by atoms with E-state index in [4.69, 9.17) is 5.73 Å². The summed E-state index contributed by atoms with van der Waals surface area (Å²) in [4.78, 5) is 10.9. The zero-order chi connectivity index (χ0) is 13.6. The van der Waals surface area contributed by atoms with Gasteiger partial charge in [-0.05, 0) is 20.8 Å². The lowest BCUT2D eigenvalue weighted by atomic mass is 10.1. The van der Waals surface area contributed by atoms with Crippen molar-refractivity contribution in [3.63, 3.8) is 0 Å². The van der Waals surface area contributed by atoms with Crippen molar-refractivity contribution in [2.45, 2.75) is 39.4 Å². The van der Waals surface area contributed by atoms with E-state index in [0.717, 1.165) is 5.69 Å². The molecule has 0 aliphatic heterocycles. The Balaban J connectivity index is 2.32. The first kappa shape index (κ1) is 14.6. The number of rotatable bonds is 6. The van der Waals surface area contributed by atoms with Crippen molar-refractivity contribution in [3.05, 3.63) is 11.9 Å². The monoisotopic (exact) mass is 254 g/mol. The van der Waals surface area contributed by atoms with E-state index in [-0.39, 0.29) is 18.0 Å². The maximum Gasteiger partial charge on any atom is 0.233 e. The van der Waals surface area contributed by atoms with Crippen molar-refractivity contribution in [1.82, 2.24) is 25.6 Å². The highest BCUT2D eigenvalue weighted by Crippen LogP contribution is 2.01. The Labute approximate surface area is 107 Å². The standard InChI is InChI=1S/C11H22N6O/c1-11(2,3)14-7-9-8-17(16-15-9)5-4-13-10(18)6-12/h8,14H,4-7,12H2,1-3H3,(H,13,18). The molecule has 1 aromatic rings. The van der Waals surface area contributed by atoms with Crippen LogP contribution in [0.15, 0.2) is 6.20 Å². The minimum Gasteiger partial charge on any atom is -0.353 e. The summed E-state index contributed by atoms with van der Waals surface area (Å²) in [6.07, 6.45) is 1.87. The summed E-state index contributed by atoms with van der Waals surface area (Å²) in [5.74, 6) is -0.162. The summed E-state index contributed by atoms with van der Waals surface area (Å²) in [5, 5.41) is 14.0. The summed E-state index contributed by atoms with van der Waals surface area (Å²) in [5.41, 5.74) is 6.12. The molecular weight excluding hydrogens is 232 g/mol. The SMILES string of the molecule is CC(C)(C)NCc1cn(CCNC(=O)CN)nn1. The molecule has 0 radical (unpaired) electrons. The van der Waals surface area contributed by atoms with Gasteiger partial charge in [0.05, 0.1) is 18.8 Å². The van der Waals surface area contributed by atoms with Gasteiger partial charge in [-0.1, -0.05) is 5.21 Å². The highest BCUT2D eigenvalue weighted by molar-refractivity contribution is 5.77. The third-order valence-electron chi connectivity index (χ3n) is 2.23. The average molecular weight is 254 g/mol. The molecule has 0 atom stereocenters. The second-order valence-electron chi connectivity index (χ2n) is 5.13. The smallest absolute Gasteiger partial charge is 0.233 e. The lowest BCUT2D eigenvalue weighted by Gasteiger charge is -2.19. The van der Waals surface area contributed by atoms with Gasteiger partial charge in [0.1, 0.15) is 0 Å². The molecule has 1 amide bonds. The minimum atomic E-state index is -0.162. The summed E-state index contributed by atoms with van der Waals surface area (Å²) < 4.78 is 1.70. The van der Waals surface area contributed by atoms with Gasteiger partial charge in [0.2, 0.25) is 5.91 Å². The third-order valence-corrected chi connectivity index (χ3v) is 2.23. The first-order valence-electron chi connectivity index (χ1n) is 6.01. The molecule has 0 saturated carbocycles. The number of hydrogen-bond acceptors (Lipinski definition) is 5. The van der Waals surface area contributed by atoms with Gasteiger partial charge in [0, 0.05) is 24.8 Å². The molecule has 7 nitrogen and oxygen atoms in total. The van der Waals surface area contributed by atoms with Gasteiger partial charge in [-0.2, -0.15) is 0 Å². The molecule has 1 rings (SSSR count). The molecule has 0 saturated heterocycles. The van der Waals surface area contributed by atoms with Crippen LogP contribution in [-0.2, 0) is 17.9 Å². The molecule has 0 aliphatic carbocycles. The van der Waals surface area contributed by atoms with E-state index >= 15 is 0 Å². The molecule has 0 aromatic carbocycles. The van der Waals surface area contributed by atoms with E-state index in [1.807, 2.05) is 6.20 Å². The number of nitrogens with one attached hydrogen (secondary N) is 2. The Bertz CT molecular complexity index is 381. The number of nitrogens with zero attached hydrogens (tertiary/aromatic N) is 3. The molecule has 0 unspecified atom stereocenters. The summed E-state index contributed by atoms with van der Waals surface area (Å²) in [7, 11) is 0. The molecule has 7 heteroatoms. The van der Waals surface area contributed by atoms with Crippen LogP contribution in [0.4, 0.5) is 0 Å². The Hall–Kier alpha value is -1.47. The fourth-order valence-corrected chi connectivity index (χ4v) is 1.27. The molecule has 0 aliphatic rings. The van der Waals surface area contributed by atoms with Crippen molar-refractivity contribution in [1.29, 1.82) is 0 Å². The molecule has 0 bridgehead atoms. The van der Waals surface area contributed by atoms with Gasteiger partial charge in [-0.3, -0.25) is 9.48 Å². The quantitative estimate of drug-likeness (QED) is 0.620. The van der Waals surface area contributed by atoms with Crippen molar-refractivity contribution < 1.29 is 4.79 Å². The third kappa shape index (κ3) is 5.74. The Morgan fingerprint density at radius 2 is 2.22 bits per heavy atom. The van der Waals surface area contributed by atoms with E-state index in [2.05, 4.69) is 41.7 Å². The van der Waals surface area contributed by atoms with E-state index in [9.17, 15) is 4.79 Å². The van der Waals surface area contributed by atoms with Gasteiger partial charge < -0.3 is 16.4 Å². The number of amides is 1. The molecule has 1 aromatic heterocycles. The maximum atomic E-state index is 10.9. The molecule has 1 heterocycles. The first-order valence-corrected chi connectivity index (χ1v) is 6.01. The van der Waals surface area contributed by atoms with Gasteiger partial charge in [-0.25, -0.2) is 0 Å². The summed E-state index contributed by atoms with van der Waals surface area (Å²) in [6.45, 7) is 8.08. The molecule has 18 heavy (non-hydrogen) atoms. The highest BCUT2D eigenvalue weighted by Gasteiger charge is 2.09. The van der Waals surface area contributed by atoms with Crippen LogP contribution in [0.2, 0.25) is 0 Å². The number of hydrogen-bond donors (Lipinski definition) is 3. The maximum absolute atomic E-state index is 10.9. The fraction of sp³-hybridized carbons (Fsp3) is 0.727. The average Bonchev–Trinajstić information content (AvgIpc) is 2.73. The summed E-state index contributed by atoms with van der Waals surface area (Å²) in [6, 6.07) is 0. The van der Waals surface area contributed by atoms with E-state index < -0.39 is 0 Å². The predicted octanol–water partition coefficient (Wildman–Crippen LogP) is -0.759. The number of carbonyl (C=O) groups excluding carboxylic acids is 1. The topological polar surface area (TPSA) is 97.9 Å². The second kappa shape index (κ2) is 6.46. The van der Waals surface area contributed by atoms with Gasteiger partial charge in [0.25, 0.3) is 0 Å². The number of carbonyl (C=O) groups is 1. The van der Waals surface area contributed by atoms with Crippen LogP contribution in [-0.4, -0.2) is 39.5 Å².